The van der Waals surface area contributed by atoms with Crippen molar-refractivity contribution < 1.29 is 29.1 Å². The van der Waals surface area contributed by atoms with E-state index in [2.05, 4.69) is 10.1 Å². The second-order valence-corrected chi connectivity index (χ2v) is 2.66. The summed E-state index contributed by atoms with van der Waals surface area (Å²) in [5, 5.41) is 13.1. The topological polar surface area (TPSA) is 59.2 Å². The largest absolute Gasteiger partial charge is 0.507 e. The molecule has 0 spiro atoms. The van der Waals surface area contributed by atoms with Gasteiger partial charge in [0.2, 0.25) is 0 Å². The molecule has 0 amide bonds. The first-order valence-corrected chi connectivity index (χ1v) is 3.86. The first kappa shape index (κ1) is 10.9. The van der Waals surface area contributed by atoms with Gasteiger partial charge in [0.25, 0.3) is 5.89 Å². The zero-order chi connectivity index (χ0) is 9.26. The van der Waals surface area contributed by atoms with Crippen LogP contribution in [0.3, 0.4) is 0 Å². The van der Waals surface area contributed by atoms with E-state index in [0.29, 0.717) is 17.3 Å². The Morgan fingerprint density at radius 2 is 2.00 bits per heavy atom. The molecule has 0 bridgehead atoms. The maximum absolute atomic E-state index is 9.45. The van der Waals surface area contributed by atoms with Crippen LogP contribution in [-0.4, -0.2) is 15.2 Å². The van der Waals surface area contributed by atoms with Crippen LogP contribution in [0.4, 0.5) is 0 Å². The summed E-state index contributed by atoms with van der Waals surface area (Å²) < 4.78 is 4.91. The normalized spacial score (nSPS) is 9.50. The van der Waals surface area contributed by atoms with Crippen LogP contribution in [0, 0.1) is 6.92 Å². The van der Waals surface area contributed by atoms with E-state index in [9.17, 15) is 5.11 Å². The van der Waals surface area contributed by atoms with Crippen molar-refractivity contribution in [1.82, 2.24) is 10.1 Å². The molecular formula is C9H8N2O2Zn. The van der Waals surface area contributed by atoms with Gasteiger partial charge in [0, 0.05) is 19.5 Å². The minimum atomic E-state index is 0. The van der Waals surface area contributed by atoms with Crippen LogP contribution >= 0.6 is 0 Å². The molecule has 0 radical (unpaired) electrons. The SMILES string of the molecule is Cc1noc(-c2ccccc2O)n1.[Zn]. The third-order valence-corrected chi connectivity index (χ3v) is 1.66. The van der Waals surface area contributed by atoms with E-state index in [1.165, 1.54) is 0 Å². The Kier molecular flexibility index (Phi) is 3.36. The molecule has 2 aromatic rings. The van der Waals surface area contributed by atoms with E-state index >= 15 is 0 Å². The standard InChI is InChI=1S/C9H8N2O2.Zn/c1-6-10-9(13-11-6)7-4-2-3-5-8(7)12;/h2-5,12H,1H3;. The summed E-state index contributed by atoms with van der Waals surface area (Å²) in [5.74, 6) is 1.04. The van der Waals surface area contributed by atoms with Gasteiger partial charge in [-0.2, -0.15) is 4.98 Å². The molecule has 0 atom stereocenters. The zero-order valence-corrected chi connectivity index (χ0v) is 10.7. The van der Waals surface area contributed by atoms with Crippen molar-refractivity contribution in [1.29, 1.82) is 0 Å². The van der Waals surface area contributed by atoms with Crippen LogP contribution < -0.4 is 0 Å². The summed E-state index contributed by atoms with van der Waals surface area (Å²) >= 11 is 0. The van der Waals surface area contributed by atoms with E-state index < -0.39 is 0 Å². The number of hydrogen-bond donors (Lipinski definition) is 1. The van der Waals surface area contributed by atoms with Crippen molar-refractivity contribution in [3.63, 3.8) is 0 Å². The molecule has 0 aliphatic heterocycles. The van der Waals surface area contributed by atoms with Gasteiger partial charge in [-0.05, 0) is 19.1 Å². The molecule has 1 aromatic carbocycles. The number of aryl methyl sites for hydroxylation is 1. The summed E-state index contributed by atoms with van der Waals surface area (Å²) in [5.41, 5.74) is 0.558. The summed E-state index contributed by atoms with van der Waals surface area (Å²) in [6, 6.07) is 6.84. The zero-order valence-electron chi connectivity index (χ0n) is 7.77. The maximum Gasteiger partial charge on any atom is 0.261 e. The van der Waals surface area contributed by atoms with Crippen molar-refractivity contribution in [2.75, 3.05) is 0 Å². The van der Waals surface area contributed by atoms with Crippen LogP contribution in [0.5, 0.6) is 5.75 Å². The molecular weight excluding hydrogens is 234 g/mol. The Bertz CT molecular complexity index is 428. The average molecular weight is 242 g/mol. The molecule has 4 nitrogen and oxygen atoms in total. The fourth-order valence-electron chi connectivity index (χ4n) is 1.06. The number of para-hydroxylation sites is 1. The quantitative estimate of drug-likeness (QED) is 0.773. The van der Waals surface area contributed by atoms with E-state index in [0.717, 1.165) is 0 Å². The maximum atomic E-state index is 9.45. The predicted octanol–water partition coefficient (Wildman–Crippen LogP) is 1.75. The number of aromatic hydroxyl groups is 1. The first-order chi connectivity index (χ1) is 6.27. The molecule has 5 heteroatoms. The second kappa shape index (κ2) is 4.33. The predicted molar refractivity (Wildman–Crippen MR) is 46.1 cm³/mol. The van der Waals surface area contributed by atoms with Crippen molar-refractivity contribution in [3.8, 4) is 17.2 Å². The monoisotopic (exact) mass is 240 g/mol. The molecule has 0 fully saturated rings. The molecule has 68 valence electrons. The molecule has 1 aromatic heterocycles. The first-order valence-electron chi connectivity index (χ1n) is 3.86. The van der Waals surface area contributed by atoms with E-state index in [1.807, 2.05) is 0 Å². The van der Waals surface area contributed by atoms with Crippen LogP contribution in [0.1, 0.15) is 5.82 Å². The Morgan fingerprint density at radius 3 is 2.57 bits per heavy atom. The second-order valence-electron chi connectivity index (χ2n) is 2.66. The molecule has 0 aliphatic rings. The number of aromatic nitrogens is 2. The fraction of sp³-hybridized carbons (Fsp3) is 0.111. The number of nitrogens with zero attached hydrogens (tertiary/aromatic N) is 2. The molecule has 0 saturated heterocycles. The number of benzene rings is 1. The molecule has 0 unspecified atom stereocenters. The number of phenolic OH excluding ortho intramolecular Hbond substituents is 1. The summed E-state index contributed by atoms with van der Waals surface area (Å²) in [6.45, 7) is 1.73. The van der Waals surface area contributed by atoms with Gasteiger partial charge in [-0.1, -0.05) is 17.3 Å². The Labute approximate surface area is 93.7 Å². The molecule has 0 aliphatic carbocycles. The van der Waals surface area contributed by atoms with Crippen molar-refractivity contribution in [3.05, 3.63) is 30.1 Å². The summed E-state index contributed by atoms with van der Waals surface area (Å²) in [6.07, 6.45) is 0. The smallest absolute Gasteiger partial charge is 0.261 e. The molecule has 2 rings (SSSR count). The van der Waals surface area contributed by atoms with E-state index in [4.69, 9.17) is 4.52 Å². The number of phenols is 1. The van der Waals surface area contributed by atoms with Crippen LogP contribution in [-0.2, 0) is 19.5 Å². The van der Waals surface area contributed by atoms with Gasteiger partial charge in [0.15, 0.2) is 5.82 Å². The average Bonchev–Trinajstić information content (AvgIpc) is 2.53. The van der Waals surface area contributed by atoms with Crippen molar-refractivity contribution in [2.45, 2.75) is 6.92 Å². The van der Waals surface area contributed by atoms with Gasteiger partial charge in [-0.3, -0.25) is 0 Å². The minimum absolute atomic E-state index is 0. The van der Waals surface area contributed by atoms with Gasteiger partial charge >= 0.3 is 0 Å². The van der Waals surface area contributed by atoms with E-state index in [-0.39, 0.29) is 25.2 Å². The van der Waals surface area contributed by atoms with E-state index in [1.54, 1.807) is 31.2 Å². The molecule has 1 N–H and O–H groups in total. The van der Waals surface area contributed by atoms with Gasteiger partial charge < -0.3 is 9.63 Å². The minimum Gasteiger partial charge on any atom is -0.507 e. The van der Waals surface area contributed by atoms with Gasteiger partial charge in [-0.15, -0.1) is 0 Å². The Balaban J connectivity index is 0.000000980. The molecule has 14 heavy (non-hydrogen) atoms. The van der Waals surface area contributed by atoms with Gasteiger partial charge in [0.1, 0.15) is 5.75 Å². The van der Waals surface area contributed by atoms with Gasteiger partial charge in [-0.25, -0.2) is 0 Å². The van der Waals surface area contributed by atoms with Gasteiger partial charge in [0.05, 0.1) is 5.56 Å². The van der Waals surface area contributed by atoms with Crippen LogP contribution in [0.2, 0.25) is 0 Å². The summed E-state index contributed by atoms with van der Waals surface area (Å²) in [4.78, 5) is 4.00. The Morgan fingerprint density at radius 1 is 1.29 bits per heavy atom. The number of rotatable bonds is 1. The molecule has 1 heterocycles. The third-order valence-electron chi connectivity index (χ3n) is 1.66. The molecule has 0 saturated carbocycles. The van der Waals surface area contributed by atoms with Crippen LogP contribution in [0.25, 0.3) is 11.5 Å². The van der Waals surface area contributed by atoms with Crippen molar-refractivity contribution >= 4 is 0 Å². The summed E-state index contributed by atoms with van der Waals surface area (Å²) in [7, 11) is 0. The Hall–Kier alpha value is -1.22. The fourth-order valence-corrected chi connectivity index (χ4v) is 1.06. The number of hydrogen-bond acceptors (Lipinski definition) is 4. The van der Waals surface area contributed by atoms with Crippen LogP contribution in [0.15, 0.2) is 28.8 Å². The third kappa shape index (κ3) is 1.99. The van der Waals surface area contributed by atoms with Crippen molar-refractivity contribution in [2.24, 2.45) is 0 Å².